The molecule has 0 heterocycles. The molecule has 4 aliphatic rings. The lowest BCUT2D eigenvalue weighted by atomic mass is 9.46. The molecule has 0 bridgehead atoms. The van der Waals surface area contributed by atoms with Crippen molar-refractivity contribution in [3.63, 3.8) is 0 Å². The van der Waals surface area contributed by atoms with Gasteiger partial charge in [0.1, 0.15) is 12.4 Å². The molecular weight excluding hydrogens is 356 g/mol. The van der Waals surface area contributed by atoms with Crippen LogP contribution in [0.15, 0.2) is 11.6 Å². The molecule has 0 saturated heterocycles. The number of Topliss-reactive ketones (excluding diaryl/α,β-unsaturated/α-hetero) is 1. The van der Waals surface area contributed by atoms with Crippen LogP contribution in [0.25, 0.3) is 0 Å². The van der Waals surface area contributed by atoms with Crippen LogP contribution in [0.4, 0.5) is 0 Å². The van der Waals surface area contributed by atoms with E-state index in [0.29, 0.717) is 23.5 Å². The van der Waals surface area contributed by atoms with Crippen LogP contribution >= 0.6 is 0 Å². The highest BCUT2D eigenvalue weighted by molar-refractivity contribution is 5.92. The summed E-state index contributed by atoms with van der Waals surface area (Å²) in [7, 11) is 0. The summed E-state index contributed by atoms with van der Waals surface area (Å²) in [6.45, 7) is 5.92. The second-order valence-corrected chi connectivity index (χ2v) is 10.0. The van der Waals surface area contributed by atoms with Gasteiger partial charge in [0, 0.05) is 17.8 Å². The van der Waals surface area contributed by atoms with Crippen molar-refractivity contribution >= 4 is 17.5 Å². The molecule has 0 aliphatic heterocycles. The summed E-state index contributed by atoms with van der Waals surface area (Å²) in [4.78, 5) is 35.7. The van der Waals surface area contributed by atoms with E-state index in [1.54, 1.807) is 6.92 Å². The Morgan fingerprint density at radius 3 is 2.61 bits per heavy atom. The number of carbonyl (C=O) groups excluding carboxylic acids is 2. The minimum absolute atomic E-state index is 0.0551. The Hall–Kier alpha value is -1.49. The third-order valence-electron chi connectivity index (χ3n) is 8.94. The lowest BCUT2D eigenvalue weighted by molar-refractivity contribution is -0.157. The van der Waals surface area contributed by atoms with E-state index >= 15 is 0 Å². The first-order valence-corrected chi connectivity index (χ1v) is 10.8. The van der Waals surface area contributed by atoms with E-state index in [1.165, 1.54) is 0 Å². The van der Waals surface area contributed by atoms with Crippen LogP contribution in [0.3, 0.4) is 0 Å². The molecule has 0 spiro atoms. The summed E-state index contributed by atoms with van der Waals surface area (Å²) >= 11 is 0. The number of fused-ring (bicyclic) bond motifs is 5. The number of ketones is 2. The first-order chi connectivity index (χ1) is 13.2. The Labute approximate surface area is 166 Å². The Balaban J connectivity index is 1.67. The van der Waals surface area contributed by atoms with Gasteiger partial charge in [-0.3, -0.25) is 9.59 Å². The molecular formula is C23H32O5. The third kappa shape index (κ3) is 2.80. The average Bonchev–Trinajstić information content (AvgIpc) is 2.97. The van der Waals surface area contributed by atoms with Gasteiger partial charge in [0.25, 0.3) is 0 Å². The van der Waals surface area contributed by atoms with Crippen LogP contribution in [-0.4, -0.2) is 35.4 Å². The predicted octanol–water partition coefficient (Wildman–Crippen LogP) is 3.80. The lowest BCUT2D eigenvalue weighted by Gasteiger charge is -2.59. The molecule has 5 heteroatoms. The van der Waals surface area contributed by atoms with E-state index in [0.717, 1.165) is 44.1 Å². The highest BCUT2D eigenvalue weighted by Crippen LogP contribution is 2.66. The molecule has 0 radical (unpaired) electrons. The van der Waals surface area contributed by atoms with Crippen molar-refractivity contribution in [2.75, 3.05) is 6.61 Å². The van der Waals surface area contributed by atoms with Crippen LogP contribution < -0.4 is 0 Å². The zero-order chi connectivity index (χ0) is 20.3. The van der Waals surface area contributed by atoms with Crippen molar-refractivity contribution in [1.29, 1.82) is 0 Å². The van der Waals surface area contributed by atoms with Crippen molar-refractivity contribution in [3.8, 4) is 0 Å². The maximum Gasteiger partial charge on any atom is 0.329 e. The fourth-order valence-electron chi connectivity index (χ4n) is 7.66. The zero-order valence-electron chi connectivity index (χ0n) is 17.2. The van der Waals surface area contributed by atoms with Crippen molar-refractivity contribution in [3.05, 3.63) is 11.6 Å². The Morgan fingerprint density at radius 2 is 1.93 bits per heavy atom. The average molecular weight is 389 g/mol. The van der Waals surface area contributed by atoms with Crippen LogP contribution in [0.5, 0.6) is 0 Å². The largest absolute Gasteiger partial charge is 0.480 e. The first kappa shape index (κ1) is 19.8. The summed E-state index contributed by atoms with van der Waals surface area (Å²) in [5.41, 5.74) is 0.971. The van der Waals surface area contributed by atoms with E-state index < -0.39 is 5.97 Å². The normalized spacial score (nSPS) is 44.9. The minimum Gasteiger partial charge on any atom is -0.480 e. The van der Waals surface area contributed by atoms with Crippen LogP contribution in [0, 0.1) is 34.5 Å². The molecule has 1 N–H and O–H groups in total. The van der Waals surface area contributed by atoms with Gasteiger partial charge in [-0.05, 0) is 74.7 Å². The topological polar surface area (TPSA) is 80.7 Å². The fraction of sp³-hybridized carbons (Fsp3) is 0.783. The van der Waals surface area contributed by atoms with Crippen molar-refractivity contribution < 1.29 is 24.2 Å². The van der Waals surface area contributed by atoms with E-state index in [4.69, 9.17) is 9.84 Å². The molecule has 3 fully saturated rings. The van der Waals surface area contributed by atoms with Crippen LogP contribution in [0.1, 0.15) is 65.7 Å². The maximum absolute atomic E-state index is 12.3. The SMILES string of the molecule is CC(=O)[C@H]1CC[C@H]2[C@@H]3CCC4=CC(=O)CC(OCC(=O)O)[C@]4(C)[C@H]3CC[C@]12C. The van der Waals surface area contributed by atoms with Gasteiger partial charge in [-0.15, -0.1) is 0 Å². The van der Waals surface area contributed by atoms with Gasteiger partial charge in [-0.2, -0.15) is 0 Å². The molecule has 28 heavy (non-hydrogen) atoms. The molecule has 1 unspecified atom stereocenters. The minimum atomic E-state index is -0.990. The molecule has 4 aliphatic carbocycles. The van der Waals surface area contributed by atoms with E-state index in [2.05, 4.69) is 13.8 Å². The van der Waals surface area contributed by atoms with Gasteiger partial charge < -0.3 is 9.84 Å². The number of carbonyl (C=O) groups is 3. The van der Waals surface area contributed by atoms with Gasteiger partial charge in [-0.25, -0.2) is 4.79 Å². The maximum atomic E-state index is 12.3. The smallest absolute Gasteiger partial charge is 0.329 e. The van der Waals surface area contributed by atoms with Crippen molar-refractivity contribution in [2.24, 2.45) is 34.5 Å². The predicted molar refractivity (Wildman–Crippen MR) is 104 cm³/mol. The number of carboxylic acids is 1. The number of carboxylic acid groups (broad SMARTS) is 1. The fourth-order valence-corrected chi connectivity index (χ4v) is 7.66. The standard InChI is InChI=1S/C23H32O5/c1-13(24)17-6-7-18-16-5-4-14-10-15(25)11-20(28-12-21(26)27)23(14,3)19(16)8-9-22(17,18)2/h10,16-20H,4-9,11-12H2,1-3H3,(H,26,27)/t16-,17+,18-,19-,20?,22+,23-/m0/s1. The molecule has 154 valence electrons. The first-order valence-electron chi connectivity index (χ1n) is 10.8. The molecule has 0 aromatic carbocycles. The van der Waals surface area contributed by atoms with Gasteiger partial charge in [0.15, 0.2) is 5.78 Å². The summed E-state index contributed by atoms with van der Waals surface area (Å²) in [6.07, 6.45) is 7.84. The molecule has 5 nitrogen and oxygen atoms in total. The number of rotatable bonds is 4. The Kier molecular flexibility index (Phi) is 4.80. The number of aliphatic carboxylic acids is 1. The molecule has 0 aromatic heterocycles. The van der Waals surface area contributed by atoms with Crippen LogP contribution in [0.2, 0.25) is 0 Å². The number of hydrogen-bond donors (Lipinski definition) is 1. The molecule has 3 saturated carbocycles. The van der Waals surface area contributed by atoms with E-state index in [-0.39, 0.29) is 41.7 Å². The highest BCUT2D eigenvalue weighted by Gasteiger charge is 2.61. The number of hydrogen-bond acceptors (Lipinski definition) is 4. The lowest BCUT2D eigenvalue weighted by Crippen LogP contribution is -2.56. The third-order valence-corrected chi connectivity index (χ3v) is 8.94. The summed E-state index contributed by atoms with van der Waals surface area (Å²) in [5.74, 6) is 1.02. The number of ether oxygens (including phenoxy) is 1. The molecule has 4 rings (SSSR count). The van der Waals surface area contributed by atoms with Gasteiger partial charge >= 0.3 is 5.97 Å². The van der Waals surface area contributed by atoms with Crippen molar-refractivity contribution in [1.82, 2.24) is 0 Å². The Morgan fingerprint density at radius 1 is 1.18 bits per heavy atom. The van der Waals surface area contributed by atoms with Gasteiger partial charge in [0.05, 0.1) is 6.10 Å². The molecule has 0 aromatic rings. The van der Waals surface area contributed by atoms with Crippen molar-refractivity contribution in [2.45, 2.75) is 71.8 Å². The summed E-state index contributed by atoms with van der Waals surface area (Å²) < 4.78 is 5.82. The monoisotopic (exact) mass is 388 g/mol. The summed E-state index contributed by atoms with van der Waals surface area (Å²) in [6, 6.07) is 0. The summed E-state index contributed by atoms with van der Waals surface area (Å²) in [5, 5.41) is 9.10. The van der Waals surface area contributed by atoms with E-state index in [9.17, 15) is 14.4 Å². The second-order valence-electron chi connectivity index (χ2n) is 10.0. The zero-order valence-corrected chi connectivity index (χ0v) is 17.2. The highest BCUT2D eigenvalue weighted by atomic mass is 16.5. The van der Waals surface area contributed by atoms with Gasteiger partial charge in [-0.1, -0.05) is 19.4 Å². The van der Waals surface area contributed by atoms with E-state index in [1.807, 2.05) is 6.08 Å². The quantitative estimate of drug-likeness (QED) is 0.792. The van der Waals surface area contributed by atoms with Crippen LogP contribution in [-0.2, 0) is 19.1 Å². The van der Waals surface area contributed by atoms with Gasteiger partial charge in [0.2, 0.25) is 0 Å². The second kappa shape index (κ2) is 6.79. The molecule has 0 amide bonds. The Bertz CT molecular complexity index is 739. The molecule has 7 atom stereocenters.